The third-order valence-corrected chi connectivity index (χ3v) is 22.0. The zero-order valence-electron chi connectivity index (χ0n) is 49.6. The normalized spacial score (nSPS) is 25.6. The first kappa shape index (κ1) is 49.4. The van der Waals surface area contributed by atoms with Gasteiger partial charge in [0.15, 0.2) is 0 Å². The van der Waals surface area contributed by atoms with Gasteiger partial charge in [-0.05, 0) is 191 Å². The summed E-state index contributed by atoms with van der Waals surface area (Å²) in [5.74, 6) is 0. The summed E-state index contributed by atoms with van der Waals surface area (Å²) in [6.45, 7) is 46.9. The van der Waals surface area contributed by atoms with Crippen molar-refractivity contribution in [1.29, 1.82) is 0 Å². The molecule has 75 heavy (non-hydrogen) atoms. The molecular weight excluding hydrogens is 906 g/mol. The molecule has 0 spiro atoms. The Hall–Kier alpha value is -5.22. The molecule has 6 aromatic rings. The third kappa shape index (κ3) is 6.13. The van der Waals surface area contributed by atoms with Crippen LogP contribution in [0.15, 0.2) is 78.9 Å². The van der Waals surface area contributed by atoms with Crippen LogP contribution in [0.5, 0.6) is 0 Å². The summed E-state index contributed by atoms with van der Waals surface area (Å²) >= 11 is 0. The second kappa shape index (κ2) is 15.1. The highest BCUT2D eigenvalue weighted by Crippen LogP contribution is 2.66. The average Bonchev–Trinajstić information content (AvgIpc) is 3.92. The molecule has 0 radical (unpaired) electrons. The molecule has 0 amide bonds. The highest BCUT2D eigenvalue weighted by molar-refractivity contribution is 7.01. The van der Waals surface area contributed by atoms with Crippen LogP contribution in [0.1, 0.15) is 216 Å². The van der Waals surface area contributed by atoms with Gasteiger partial charge < -0.3 is 14.7 Å². The molecule has 13 rings (SSSR count). The topological polar surface area (TPSA) is 9.72 Å². The number of aryl methyl sites for hydroxylation is 4. The number of hydrogen-bond donors (Lipinski definition) is 0. The summed E-state index contributed by atoms with van der Waals surface area (Å²) < 4.78 is 0. The van der Waals surface area contributed by atoms with E-state index in [2.05, 4.69) is 225 Å². The van der Waals surface area contributed by atoms with Crippen LogP contribution in [0.4, 0.5) is 39.8 Å². The molecule has 4 heterocycles. The van der Waals surface area contributed by atoms with Crippen LogP contribution in [-0.4, -0.2) is 17.8 Å². The molecule has 4 atom stereocenters. The molecule has 4 heteroatoms. The summed E-state index contributed by atoms with van der Waals surface area (Å²) in [6.07, 6.45) is 9.81. The van der Waals surface area contributed by atoms with E-state index in [-0.39, 0.29) is 50.3 Å². The highest BCUT2D eigenvalue weighted by atomic mass is 15.3. The molecule has 3 aliphatic carbocycles. The number of fused-ring (bicyclic) bond motifs is 14. The van der Waals surface area contributed by atoms with Crippen molar-refractivity contribution in [2.24, 2.45) is 0 Å². The van der Waals surface area contributed by atoms with Crippen LogP contribution >= 0.6 is 0 Å². The maximum atomic E-state index is 3.02. The van der Waals surface area contributed by atoms with Gasteiger partial charge in [0.2, 0.25) is 0 Å². The smallest absolute Gasteiger partial charge is 0.253 e. The van der Waals surface area contributed by atoms with Crippen molar-refractivity contribution in [1.82, 2.24) is 0 Å². The first-order valence-corrected chi connectivity index (χ1v) is 29.3. The van der Waals surface area contributed by atoms with E-state index in [9.17, 15) is 0 Å². The number of nitrogens with zero attached hydrogens (tertiary/aromatic N) is 3. The van der Waals surface area contributed by atoms with E-state index < -0.39 is 0 Å². The van der Waals surface area contributed by atoms with E-state index in [1.807, 2.05) is 0 Å². The SMILES string of the molecule is Cc1cc(C)c2c3c1B1c4c(cc(N5c6ccc(C(C)(C)C)cc6C6(C)CCCCC56C)cc4N3C3(C)CCCCC23C)N(c2c(C)cc(C(C)(C)C)cc2C)c2ccc3c(c21)-c1cc(C(C)(C)C)ccc1C3(C)C. The molecule has 0 aromatic heterocycles. The maximum Gasteiger partial charge on any atom is 0.253 e. The fourth-order valence-corrected chi connectivity index (χ4v) is 17.5. The molecule has 6 aromatic carbocycles. The summed E-state index contributed by atoms with van der Waals surface area (Å²) in [7, 11) is 0. The molecule has 2 saturated carbocycles. The van der Waals surface area contributed by atoms with Crippen molar-refractivity contribution in [3.05, 3.63) is 140 Å². The van der Waals surface area contributed by atoms with Gasteiger partial charge in [0, 0.05) is 50.4 Å². The minimum atomic E-state index is -0.160. The Morgan fingerprint density at radius 3 is 1.61 bits per heavy atom. The second-order valence-electron chi connectivity index (χ2n) is 29.9. The second-order valence-corrected chi connectivity index (χ2v) is 29.9. The molecule has 3 nitrogen and oxygen atoms in total. The van der Waals surface area contributed by atoms with Crippen LogP contribution in [0.3, 0.4) is 0 Å². The number of benzene rings is 6. The van der Waals surface area contributed by atoms with Gasteiger partial charge in [-0.25, -0.2) is 0 Å². The Bertz CT molecular complexity index is 3490. The minimum absolute atomic E-state index is 0.00196. The van der Waals surface area contributed by atoms with E-state index in [0.29, 0.717) is 0 Å². The van der Waals surface area contributed by atoms with Crippen molar-refractivity contribution < 1.29 is 0 Å². The van der Waals surface area contributed by atoms with Crippen molar-refractivity contribution >= 4 is 62.9 Å². The number of anilines is 7. The summed E-state index contributed by atoms with van der Waals surface area (Å²) in [4.78, 5) is 8.74. The fraction of sp³-hybridized carbons (Fsp3) is 0.493. The molecular formula is C71H86BN3. The zero-order valence-corrected chi connectivity index (χ0v) is 49.6. The average molecular weight is 992 g/mol. The van der Waals surface area contributed by atoms with Crippen molar-refractivity contribution in [3.63, 3.8) is 0 Å². The fourth-order valence-electron chi connectivity index (χ4n) is 17.5. The lowest BCUT2D eigenvalue weighted by molar-refractivity contribution is 0.193. The predicted molar refractivity (Wildman–Crippen MR) is 324 cm³/mol. The van der Waals surface area contributed by atoms with Gasteiger partial charge in [0.1, 0.15) is 0 Å². The lowest BCUT2D eigenvalue weighted by atomic mass is 9.32. The van der Waals surface area contributed by atoms with Crippen molar-refractivity contribution in [2.45, 2.75) is 226 Å². The quantitative estimate of drug-likeness (QED) is 0.160. The lowest BCUT2D eigenvalue weighted by Crippen LogP contribution is -2.65. The van der Waals surface area contributed by atoms with Gasteiger partial charge in [-0.3, -0.25) is 0 Å². The van der Waals surface area contributed by atoms with Crippen molar-refractivity contribution in [3.8, 4) is 11.1 Å². The van der Waals surface area contributed by atoms with E-state index in [1.165, 1.54) is 163 Å². The maximum absolute atomic E-state index is 3.02. The molecule has 388 valence electrons. The van der Waals surface area contributed by atoms with Gasteiger partial charge >= 0.3 is 0 Å². The molecule has 4 aliphatic heterocycles. The Balaban J connectivity index is 1.21. The first-order valence-electron chi connectivity index (χ1n) is 29.3. The predicted octanol–water partition coefficient (Wildman–Crippen LogP) is 17.2. The minimum Gasteiger partial charge on any atom is -0.335 e. The van der Waals surface area contributed by atoms with Crippen LogP contribution in [0.25, 0.3) is 11.1 Å². The van der Waals surface area contributed by atoms with E-state index in [4.69, 9.17) is 0 Å². The molecule has 0 bridgehead atoms. The largest absolute Gasteiger partial charge is 0.335 e. The van der Waals surface area contributed by atoms with E-state index in [0.717, 1.165) is 0 Å². The first-order chi connectivity index (χ1) is 35.0. The summed E-state index contributed by atoms with van der Waals surface area (Å²) in [6, 6.07) is 33.4. The number of hydrogen-bond acceptors (Lipinski definition) is 3. The molecule has 4 unspecified atom stereocenters. The Kier molecular flexibility index (Phi) is 9.92. The van der Waals surface area contributed by atoms with Gasteiger partial charge in [-0.2, -0.15) is 0 Å². The van der Waals surface area contributed by atoms with Crippen LogP contribution in [-0.2, 0) is 32.5 Å². The zero-order chi connectivity index (χ0) is 53.4. The molecule has 0 saturated heterocycles. The Morgan fingerprint density at radius 2 is 0.973 bits per heavy atom. The van der Waals surface area contributed by atoms with E-state index >= 15 is 0 Å². The third-order valence-electron chi connectivity index (χ3n) is 22.0. The van der Waals surface area contributed by atoms with Crippen LogP contribution < -0.4 is 31.1 Å². The molecule has 0 N–H and O–H groups in total. The van der Waals surface area contributed by atoms with Gasteiger partial charge in [-0.15, -0.1) is 0 Å². The number of rotatable bonds is 2. The highest BCUT2D eigenvalue weighted by Gasteiger charge is 2.64. The van der Waals surface area contributed by atoms with Crippen LogP contribution in [0, 0.1) is 27.7 Å². The Labute approximate surface area is 453 Å². The van der Waals surface area contributed by atoms with Gasteiger partial charge in [0.25, 0.3) is 6.71 Å². The standard InChI is InChI=1S/C71H86BN3/c1-41-34-42(2)59-63-58(41)69(17)31-21-23-33-71(69,19)75(63)56-40-48(74-53-28-25-46(65(8,9)10)38-52(53)68(16)30-20-22-32-70(68,74)18)39-55-60(56)72(59)61-54(73(55)62-43(3)35-47(36-44(62)4)66(11,12)13)29-27-51-57(61)49-37-45(64(5,6)7)24-26-50(49)67(51,14)15/h24-29,34-40H,20-23,30-33H2,1-19H3. The summed E-state index contributed by atoms with van der Waals surface area (Å²) in [5, 5.41) is 0. The van der Waals surface area contributed by atoms with Gasteiger partial charge in [-0.1, -0.05) is 176 Å². The summed E-state index contributed by atoms with van der Waals surface area (Å²) in [5.41, 5.74) is 32.8. The van der Waals surface area contributed by atoms with Crippen LogP contribution in [0.2, 0.25) is 0 Å². The lowest BCUT2D eigenvalue weighted by Gasteiger charge is -2.54. The van der Waals surface area contributed by atoms with E-state index in [1.54, 1.807) is 16.6 Å². The molecule has 7 aliphatic rings. The molecule has 2 fully saturated rings. The Morgan fingerprint density at radius 1 is 0.427 bits per heavy atom. The monoisotopic (exact) mass is 992 g/mol. The van der Waals surface area contributed by atoms with Gasteiger partial charge in [0.05, 0.1) is 16.8 Å². The van der Waals surface area contributed by atoms with Crippen molar-refractivity contribution in [2.75, 3.05) is 14.7 Å².